The summed E-state index contributed by atoms with van der Waals surface area (Å²) in [5.41, 5.74) is 5.44. The van der Waals surface area contributed by atoms with Crippen LogP contribution in [0.2, 0.25) is 0 Å². The Kier molecular flexibility index (Phi) is 6.68. The van der Waals surface area contributed by atoms with E-state index in [0.29, 0.717) is 54.0 Å². The Bertz CT molecular complexity index is 1780. The van der Waals surface area contributed by atoms with Crippen molar-refractivity contribution in [2.24, 2.45) is 5.41 Å². The second-order valence-corrected chi connectivity index (χ2v) is 12.4. The first-order valence-electron chi connectivity index (χ1n) is 13.4. The van der Waals surface area contributed by atoms with Crippen LogP contribution in [0.3, 0.4) is 0 Å². The lowest BCUT2D eigenvalue weighted by Crippen LogP contribution is -2.34. The lowest BCUT2D eigenvalue weighted by molar-refractivity contribution is -0.132. The van der Waals surface area contributed by atoms with Gasteiger partial charge in [-0.2, -0.15) is 5.26 Å². The van der Waals surface area contributed by atoms with Crippen LogP contribution >= 0.6 is 11.3 Å². The van der Waals surface area contributed by atoms with Crippen molar-refractivity contribution in [3.05, 3.63) is 87.8 Å². The Morgan fingerprint density at radius 2 is 2.02 bits per heavy atom. The van der Waals surface area contributed by atoms with Gasteiger partial charge in [-0.1, -0.05) is 50.3 Å². The van der Waals surface area contributed by atoms with Gasteiger partial charge in [-0.25, -0.2) is 9.97 Å². The zero-order valence-electron chi connectivity index (χ0n) is 23.3. The van der Waals surface area contributed by atoms with E-state index in [1.807, 2.05) is 36.0 Å². The quantitative estimate of drug-likeness (QED) is 0.273. The molecule has 41 heavy (non-hydrogen) atoms. The topological polar surface area (TPSA) is 103 Å². The van der Waals surface area contributed by atoms with Crippen LogP contribution in [0.1, 0.15) is 57.7 Å². The molecule has 1 amide bonds. The van der Waals surface area contributed by atoms with Crippen LogP contribution < -0.4 is 0 Å². The SMILES string of the molecule is CN(C)CC(=O)N1Cc2nc(-c3cccc(C4=CC=CC(c5nc6cc(C=O)cc(C#N)c6o5)C4(C)C)c3)sc2C1. The number of allylic oxidation sites excluding steroid dienone is 4. The molecule has 2 aliphatic rings. The van der Waals surface area contributed by atoms with Gasteiger partial charge in [0.2, 0.25) is 11.8 Å². The molecule has 8 nitrogen and oxygen atoms in total. The number of likely N-dealkylation sites (N-methyl/N-ethyl adjacent to an activating group) is 1. The number of carbonyl (C=O) groups excluding carboxylic acids is 2. The fourth-order valence-corrected chi connectivity index (χ4v) is 6.71. The Morgan fingerprint density at radius 3 is 2.76 bits per heavy atom. The minimum atomic E-state index is -0.382. The molecule has 206 valence electrons. The fourth-order valence-electron chi connectivity index (χ4n) is 5.63. The van der Waals surface area contributed by atoms with Crippen LogP contribution in [0.15, 0.2) is 59.0 Å². The zero-order valence-corrected chi connectivity index (χ0v) is 24.2. The molecule has 1 unspecified atom stereocenters. The van der Waals surface area contributed by atoms with E-state index in [-0.39, 0.29) is 17.2 Å². The molecule has 4 aromatic rings. The Hall–Kier alpha value is -4.39. The lowest BCUT2D eigenvalue weighted by Gasteiger charge is -2.35. The van der Waals surface area contributed by atoms with Gasteiger partial charge < -0.3 is 14.2 Å². The predicted octanol–water partition coefficient (Wildman–Crippen LogP) is 5.80. The molecule has 6 rings (SSSR count). The molecule has 0 saturated carbocycles. The number of thiazole rings is 1. The first-order chi connectivity index (χ1) is 19.7. The average Bonchev–Trinajstić information content (AvgIpc) is 3.65. The van der Waals surface area contributed by atoms with Crippen LogP contribution in [0, 0.1) is 16.7 Å². The molecule has 0 saturated heterocycles. The second kappa shape index (κ2) is 10.2. The molecule has 1 aliphatic carbocycles. The van der Waals surface area contributed by atoms with Crippen LogP contribution in [0.5, 0.6) is 0 Å². The van der Waals surface area contributed by atoms with Gasteiger partial charge in [-0.05, 0) is 43.4 Å². The van der Waals surface area contributed by atoms with Crippen LogP contribution in [-0.2, 0) is 17.9 Å². The summed E-state index contributed by atoms with van der Waals surface area (Å²) in [7, 11) is 3.80. The minimum absolute atomic E-state index is 0.116. The Labute approximate surface area is 242 Å². The third-order valence-corrected chi connectivity index (χ3v) is 8.90. The van der Waals surface area contributed by atoms with Crippen molar-refractivity contribution in [3.8, 4) is 16.6 Å². The summed E-state index contributed by atoms with van der Waals surface area (Å²) in [6, 6.07) is 13.7. The predicted molar refractivity (Wildman–Crippen MR) is 158 cm³/mol. The molecular formula is C32H29N5O3S. The average molecular weight is 564 g/mol. The summed E-state index contributed by atoms with van der Waals surface area (Å²) in [6.45, 7) is 5.88. The van der Waals surface area contributed by atoms with Crippen molar-refractivity contribution in [3.63, 3.8) is 0 Å². The number of aromatic nitrogens is 2. The number of benzene rings is 2. The molecule has 1 aliphatic heterocycles. The molecular weight excluding hydrogens is 534 g/mol. The molecule has 0 spiro atoms. The summed E-state index contributed by atoms with van der Waals surface area (Å²) >= 11 is 1.65. The highest BCUT2D eigenvalue weighted by Crippen LogP contribution is 2.50. The standard InChI is InChI=1S/C32H29N5O3S/c1-32(2)23(9-6-10-24(32)30-34-25-12-19(18-38)11-22(14-33)29(25)40-30)20-7-5-8-21(13-20)31-35-26-15-37(16-27(26)41-31)28(39)17-36(3)4/h5-13,18,24H,15-17H2,1-4H3. The molecule has 3 heterocycles. The molecule has 0 bridgehead atoms. The van der Waals surface area contributed by atoms with Crippen LogP contribution in [0.4, 0.5) is 0 Å². The summed E-state index contributed by atoms with van der Waals surface area (Å²) in [6.07, 6.45) is 6.93. The number of fused-ring (bicyclic) bond motifs is 2. The van der Waals surface area contributed by atoms with E-state index >= 15 is 0 Å². The van der Waals surface area contributed by atoms with Crippen LogP contribution in [0.25, 0.3) is 27.2 Å². The number of hydrogen-bond acceptors (Lipinski definition) is 8. The summed E-state index contributed by atoms with van der Waals surface area (Å²) < 4.78 is 6.16. The van der Waals surface area contributed by atoms with E-state index in [1.54, 1.807) is 17.4 Å². The summed E-state index contributed by atoms with van der Waals surface area (Å²) in [5.74, 6) is 0.441. The smallest absolute Gasteiger partial charge is 0.237 e. The maximum Gasteiger partial charge on any atom is 0.237 e. The molecule has 2 aromatic carbocycles. The van der Waals surface area contributed by atoms with Crippen molar-refractivity contribution >= 4 is 40.2 Å². The maximum atomic E-state index is 12.5. The van der Waals surface area contributed by atoms with Gasteiger partial charge in [0, 0.05) is 21.4 Å². The second-order valence-electron chi connectivity index (χ2n) is 11.3. The van der Waals surface area contributed by atoms with Crippen molar-refractivity contribution in [2.75, 3.05) is 20.6 Å². The number of rotatable bonds is 6. The van der Waals surface area contributed by atoms with E-state index in [4.69, 9.17) is 14.4 Å². The number of amides is 1. The highest BCUT2D eigenvalue weighted by Gasteiger charge is 2.38. The Morgan fingerprint density at radius 1 is 1.22 bits per heavy atom. The number of nitrogens with zero attached hydrogens (tertiary/aromatic N) is 5. The normalized spacial score (nSPS) is 17.5. The van der Waals surface area contributed by atoms with E-state index in [0.717, 1.165) is 32.3 Å². The number of nitriles is 1. The van der Waals surface area contributed by atoms with Gasteiger partial charge in [0.15, 0.2) is 5.58 Å². The highest BCUT2D eigenvalue weighted by atomic mass is 32.1. The number of hydrogen-bond donors (Lipinski definition) is 0. The van der Waals surface area contributed by atoms with Gasteiger partial charge >= 0.3 is 0 Å². The van der Waals surface area contributed by atoms with Crippen molar-refractivity contribution in [1.82, 2.24) is 19.8 Å². The molecule has 0 fully saturated rings. The van der Waals surface area contributed by atoms with Crippen molar-refractivity contribution in [1.29, 1.82) is 5.26 Å². The number of oxazole rings is 1. The zero-order chi connectivity index (χ0) is 28.9. The number of aldehydes is 1. The van der Waals surface area contributed by atoms with Gasteiger partial charge in [-0.3, -0.25) is 9.59 Å². The summed E-state index contributed by atoms with van der Waals surface area (Å²) in [4.78, 5) is 38.4. The lowest BCUT2D eigenvalue weighted by atomic mass is 9.68. The van der Waals surface area contributed by atoms with E-state index in [9.17, 15) is 14.9 Å². The van der Waals surface area contributed by atoms with Gasteiger partial charge in [-0.15, -0.1) is 11.3 Å². The van der Waals surface area contributed by atoms with Crippen molar-refractivity contribution < 1.29 is 14.0 Å². The monoisotopic (exact) mass is 563 g/mol. The summed E-state index contributed by atoms with van der Waals surface area (Å²) in [5, 5.41) is 10.5. The third kappa shape index (κ3) is 4.79. The number of carbonyl (C=O) groups is 2. The molecule has 1 atom stereocenters. The largest absolute Gasteiger partial charge is 0.439 e. The van der Waals surface area contributed by atoms with E-state index < -0.39 is 0 Å². The van der Waals surface area contributed by atoms with Gasteiger partial charge in [0.1, 0.15) is 22.9 Å². The first-order valence-corrected chi connectivity index (χ1v) is 14.2. The maximum absolute atomic E-state index is 12.5. The van der Waals surface area contributed by atoms with E-state index in [2.05, 4.69) is 50.3 Å². The molecule has 9 heteroatoms. The molecule has 0 radical (unpaired) electrons. The van der Waals surface area contributed by atoms with Crippen molar-refractivity contribution in [2.45, 2.75) is 32.9 Å². The fraction of sp³-hybridized carbons (Fsp3) is 0.281. The first kappa shape index (κ1) is 26.8. The van der Waals surface area contributed by atoms with Gasteiger partial charge in [0.25, 0.3) is 0 Å². The van der Waals surface area contributed by atoms with E-state index in [1.165, 1.54) is 6.07 Å². The minimum Gasteiger partial charge on any atom is -0.439 e. The van der Waals surface area contributed by atoms with Crippen LogP contribution in [-0.4, -0.2) is 52.6 Å². The molecule has 0 N–H and O–H groups in total. The third-order valence-electron chi connectivity index (χ3n) is 7.77. The highest BCUT2D eigenvalue weighted by molar-refractivity contribution is 7.15. The van der Waals surface area contributed by atoms with Gasteiger partial charge in [0.05, 0.1) is 36.8 Å². The molecule has 2 aromatic heterocycles. The Balaban J connectivity index is 1.28.